The van der Waals surface area contributed by atoms with E-state index in [4.69, 9.17) is 32.6 Å². The average Bonchev–Trinajstić information content (AvgIpc) is 4.00. The van der Waals surface area contributed by atoms with E-state index in [9.17, 15) is 59.9 Å². The quantitative estimate of drug-likeness (QED) is 0.0180. The maximum atomic E-state index is 13.1. The number of nitrogens with zero attached hydrogens (tertiary/aromatic N) is 5. The number of aromatic nitrogens is 3. The minimum atomic E-state index is -2.04. The maximum absolute atomic E-state index is 13.1. The second-order valence-corrected chi connectivity index (χ2v) is 15.6. The van der Waals surface area contributed by atoms with Gasteiger partial charge >= 0.3 is 0 Å². The zero-order valence-electron chi connectivity index (χ0n) is 36.3. The minimum absolute atomic E-state index is 0.00855. The number of likely N-dealkylation sites (tertiary alicyclic amines) is 1. The lowest BCUT2D eigenvalue weighted by atomic mass is 9.89. The Morgan fingerprint density at radius 1 is 0.910 bits per heavy atom. The molecule has 0 aromatic carbocycles. The van der Waals surface area contributed by atoms with Crippen LogP contribution in [0.1, 0.15) is 37.8 Å². The van der Waals surface area contributed by atoms with Crippen LogP contribution >= 0.6 is 0 Å². The number of fused-ring (bicyclic) bond motifs is 1. The third-order valence-electron chi connectivity index (χ3n) is 11.5. The molecule has 3 amide bonds. The summed E-state index contributed by atoms with van der Waals surface area (Å²) >= 11 is 2.83. The lowest BCUT2D eigenvalue weighted by Gasteiger charge is -2.48. The van der Waals surface area contributed by atoms with Crippen molar-refractivity contribution in [1.82, 2.24) is 30.1 Å². The van der Waals surface area contributed by atoms with Crippen LogP contribution in [0.5, 0.6) is 0 Å². The molecular formula is C39H55N6O21S-3. The molecule has 28 heteroatoms. The van der Waals surface area contributed by atoms with Gasteiger partial charge in [-0.2, -0.15) is 4.21 Å². The van der Waals surface area contributed by atoms with Crippen molar-refractivity contribution >= 4 is 42.2 Å². The van der Waals surface area contributed by atoms with Gasteiger partial charge in [0.15, 0.2) is 25.1 Å². The van der Waals surface area contributed by atoms with Crippen molar-refractivity contribution in [2.24, 2.45) is 11.8 Å². The fourth-order valence-corrected chi connectivity index (χ4v) is 8.17. The zero-order chi connectivity index (χ0) is 49.4. The van der Waals surface area contributed by atoms with E-state index in [0.717, 1.165) is 0 Å². The number of carbonyl (C=O) groups is 5. The Morgan fingerprint density at radius 2 is 1.60 bits per heavy atom. The molecule has 4 saturated heterocycles. The van der Waals surface area contributed by atoms with Gasteiger partial charge in [-0.3, -0.25) is 24.3 Å². The van der Waals surface area contributed by atoms with Crippen molar-refractivity contribution in [3.63, 3.8) is 0 Å². The molecule has 1 aromatic rings. The number of amides is 3. The molecule has 0 aliphatic carbocycles. The molecule has 4 unspecified atom stereocenters. The first kappa shape index (κ1) is 55.2. The topological polar surface area (TPSA) is 376 Å². The summed E-state index contributed by atoms with van der Waals surface area (Å²) in [5.74, 6) is -5.62. The van der Waals surface area contributed by atoms with Crippen LogP contribution in [0.2, 0.25) is 0 Å². The number of carboxylic acid groups (broad SMARTS) is 2. The van der Waals surface area contributed by atoms with Crippen LogP contribution in [0.15, 0.2) is 31.5 Å². The third-order valence-corrected chi connectivity index (χ3v) is 11.5. The number of imide groups is 1. The molecule has 0 bridgehead atoms. The Bertz CT molecular complexity index is 1780. The van der Waals surface area contributed by atoms with Crippen LogP contribution in [0.3, 0.4) is 0 Å². The summed E-state index contributed by atoms with van der Waals surface area (Å²) in [5, 5.41) is 89.8. The molecule has 4 aliphatic heterocycles. The SMILES string of the molecule is C=C[C@@H]1O[C@H](C=C)[C@@H]2C(=O)N(CCCCCN(Cc3cn(CCOCCO[C@@H]4OC(C(=O)[O-])[C@@H](O[C@H]5OC(CO)[C@@H](O)[C@H](OO[O-])C5NC)[C@H](O)C4O)nn3)C(=O)CCC(=O)[O-])C(=O)[C@@H]21.O=S. The number of carboxylic acids is 2. The van der Waals surface area contributed by atoms with Crippen LogP contribution in [-0.4, -0.2) is 199 Å². The molecule has 5 N–H and O–H groups in total. The van der Waals surface area contributed by atoms with Crippen molar-refractivity contribution in [3.05, 3.63) is 37.2 Å². The van der Waals surface area contributed by atoms with Crippen molar-refractivity contribution in [2.45, 2.75) is 119 Å². The van der Waals surface area contributed by atoms with Crippen LogP contribution in [-0.2, 0) is 87.9 Å². The number of rotatable bonds is 27. The van der Waals surface area contributed by atoms with Crippen molar-refractivity contribution < 1.29 is 102 Å². The maximum Gasteiger partial charge on any atom is 0.236 e. The van der Waals surface area contributed by atoms with E-state index < -0.39 is 116 Å². The monoisotopic (exact) mass is 975 g/mol. The van der Waals surface area contributed by atoms with E-state index >= 15 is 0 Å². The van der Waals surface area contributed by atoms with Gasteiger partial charge in [-0.15, -0.1) is 18.3 Å². The summed E-state index contributed by atoms with van der Waals surface area (Å²) in [7, 11) is 1.36. The molecule has 1 aromatic heterocycles. The van der Waals surface area contributed by atoms with E-state index in [1.807, 2.05) is 0 Å². The van der Waals surface area contributed by atoms with Gasteiger partial charge < -0.3 is 84.1 Å². The Hall–Kier alpha value is -4.37. The molecule has 4 aliphatic rings. The van der Waals surface area contributed by atoms with E-state index in [1.165, 1.54) is 33.7 Å². The predicted molar refractivity (Wildman–Crippen MR) is 212 cm³/mol. The largest absolute Gasteiger partial charge is 0.692 e. The van der Waals surface area contributed by atoms with Crippen LogP contribution in [0.25, 0.3) is 0 Å². The molecule has 67 heavy (non-hydrogen) atoms. The first-order valence-electron chi connectivity index (χ1n) is 21.1. The van der Waals surface area contributed by atoms with Gasteiger partial charge in [0.05, 0.1) is 81.8 Å². The Labute approximate surface area is 388 Å². The molecule has 0 radical (unpaired) electrons. The summed E-state index contributed by atoms with van der Waals surface area (Å²) in [6.45, 7) is 6.96. The smallest absolute Gasteiger partial charge is 0.236 e. The molecule has 5 heterocycles. The molecular weight excluding hydrogens is 921 g/mol. The molecule has 0 saturated carbocycles. The van der Waals surface area contributed by atoms with Gasteiger partial charge in [-0.1, -0.05) is 17.4 Å². The lowest BCUT2D eigenvalue weighted by Crippen LogP contribution is -2.68. The first-order chi connectivity index (χ1) is 32.2. The van der Waals surface area contributed by atoms with Gasteiger partial charge in [0.2, 0.25) is 17.7 Å². The van der Waals surface area contributed by atoms with Crippen LogP contribution in [0.4, 0.5) is 0 Å². The lowest BCUT2D eigenvalue weighted by molar-refractivity contribution is -0.807. The number of hydrogen-bond donors (Lipinski definition) is 5. The molecule has 376 valence electrons. The highest BCUT2D eigenvalue weighted by atomic mass is 32.1. The van der Waals surface area contributed by atoms with E-state index in [-0.39, 0.29) is 64.2 Å². The first-order valence-corrected chi connectivity index (χ1v) is 21.5. The standard InChI is InChI=1S/C39H58N6O20.OS/c1-4-21-26-27(22(5-2)60-21)36(54)45(35(26)53)12-8-6-7-11-43(24(47)9-10-25(48)49)17-20-18-44(42-41-20)13-14-58-15-16-59-39-31(52)30(51)33(34(63-39)37(55)56)62-38-28(40-3)32(64-65-57)29(50)23(19-46)61-38;1-2/h4-5,18,21-23,26-34,38-40,46,50-52,57H,1-2,6-17,19H2,3H3,(H,48,49)(H,55,56);/p-3/t21-,22+,23?,26+,27-,28?,29-,30-,31?,32-,33+,34?,38-,39-;/m1./s1. The molecule has 5 rings (SSSR count). The minimum Gasteiger partial charge on any atom is -0.692 e. The van der Waals surface area contributed by atoms with E-state index in [2.05, 4.69) is 51.2 Å². The van der Waals surface area contributed by atoms with Crippen LogP contribution < -0.4 is 20.8 Å². The number of aliphatic hydroxyl groups excluding tert-OH is 4. The van der Waals surface area contributed by atoms with Crippen molar-refractivity contribution in [1.29, 1.82) is 0 Å². The van der Waals surface area contributed by atoms with Gasteiger partial charge in [0.25, 0.3) is 0 Å². The number of hydrogen-bond acceptors (Lipinski definition) is 25. The van der Waals surface area contributed by atoms with Crippen molar-refractivity contribution in [2.75, 3.05) is 46.6 Å². The number of nitrogens with one attached hydrogen (secondary N) is 1. The third kappa shape index (κ3) is 13.9. The number of carbonyl (C=O) groups excluding carboxylic acids is 5. The van der Waals surface area contributed by atoms with Gasteiger partial charge in [-0.25, -0.2) is 9.57 Å². The van der Waals surface area contributed by atoms with Gasteiger partial charge in [0, 0.05) is 25.5 Å². The number of likely N-dealkylation sites (N-methyl/N-ethyl adjacent to an activating group) is 1. The summed E-state index contributed by atoms with van der Waals surface area (Å²) in [6.07, 6.45) is -11.4. The van der Waals surface area contributed by atoms with E-state index in [0.29, 0.717) is 25.0 Å². The second-order valence-electron chi connectivity index (χ2n) is 15.6. The summed E-state index contributed by atoms with van der Waals surface area (Å²) in [5.41, 5.74) is 0.393. The number of aliphatic carboxylic acids is 2. The molecule has 0 spiro atoms. The number of ether oxygens (including phenoxy) is 6. The average molecular weight is 976 g/mol. The molecule has 14 atom stereocenters. The fraction of sp³-hybridized carbons (Fsp3) is 0.718. The van der Waals surface area contributed by atoms with Crippen LogP contribution in [0, 0.1) is 11.8 Å². The normalized spacial score (nSPS) is 31.5. The molecule has 27 nitrogen and oxygen atoms in total. The number of aliphatic hydroxyl groups is 4. The Kier molecular flexibility index (Phi) is 22.2. The second kappa shape index (κ2) is 27.0. The summed E-state index contributed by atoms with van der Waals surface area (Å²) in [6, 6.07) is -1.22. The van der Waals surface area contributed by atoms with Gasteiger partial charge in [-0.05, 0) is 32.7 Å². The molecule has 4 fully saturated rings. The summed E-state index contributed by atoms with van der Waals surface area (Å²) < 4.78 is 42.6. The number of unbranched alkanes of at least 4 members (excludes halogenated alkanes) is 2. The summed E-state index contributed by atoms with van der Waals surface area (Å²) in [4.78, 5) is 69.6. The zero-order valence-corrected chi connectivity index (χ0v) is 37.1. The van der Waals surface area contributed by atoms with Crippen molar-refractivity contribution in [3.8, 4) is 0 Å². The highest BCUT2D eigenvalue weighted by molar-refractivity contribution is 7.44. The Morgan fingerprint density at radius 3 is 2.19 bits per heavy atom. The fourth-order valence-electron chi connectivity index (χ4n) is 8.17. The highest BCUT2D eigenvalue weighted by Gasteiger charge is 2.58. The predicted octanol–water partition coefficient (Wildman–Crippen LogP) is -7.42. The van der Waals surface area contributed by atoms with Gasteiger partial charge in [0.1, 0.15) is 48.4 Å². The highest BCUT2D eigenvalue weighted by Crippen LogP contribution is 2.41. The Balaban J connectivity index is 0.00000483. The van der Waals surface area contributed by atoms with E-state index in [1.54, 1.807) is 6.20 Å².